The Morgan fingerprint density at radius 1 is 1.80 bits per heavy atom. The van der Waals surface area contributed by atoms with Crippen LogP contribution in [0.2, 0.25) is 0 Å². The topological polar surface area (TPSA) is 27.1 Å². The maximum atomic E-state index is 7.06. The van der Waals surface area contributed by atoms with Crippen molar-refractivity contribution in [3.8, 4) is 0 Å². The van der Waals surface area contributed by atoms with E-state index < -0.39 is 0 Å². The van der Waals surface area contributed by atoms with Gasteiger partial charge in [-0.25, -0.2) is 0 Å². The highest BCUT2D eigenvalue weighted by molar-refractivity contribution is 5.75. The number of likely N-dealkylation sites (N-methyl/N-ethyl adjacent to an activating group) is 1. The van der Waals surface area contributed by atoms with Crippen molar-refractivity contribution in [2.24, 2.45) is 0 Å². The summed E-state index contributed by atoms with van der Waals surface area (Å²) in [5, 5.41) is 7.06. The fourth-order valence-electron chi connectivity index (χ4n) is 1.02. The van der Waals surface area contributed by atoms with E-state index >= 15 is 0 Å². The quantitative estimate of drug-likeness (QED) is 0.571. The van der Waals surface area contributed by atoms with E-state index in [2.05, 4.69) is 17.9 Å². The third-order valence-electron chi connectivity index (χ3n) is 1.62. The summed E-state index contributed by atoms with van der Waals surface area (Å²) in [5.74, 6) is 0. The van der Waals surface area contributed by atoms with Crippen LogP contribution in [-0.4, -0.2) is 24.2 Å². The number of nitrogens with one attached hydrogen (secondary N) is 1. The summed E-state index contributed by atoms with van der Waals surface area (Å²) >= 11 is 0. The van der Waals surface area contributed by atoms with Crippen molar-refractivity contribution in [2.45, 2.75) is 6.92 Å². The third kappa shape index (κ3) is 1.26. The molecule has 2 nitrogen and oxygen atoms in total. The minimum absolute atomic E-state index is 0.942. The molecule has 0 saturated heterocycles. The van der Waals surface area contributed by atoms with Gasteiger partial charge in [0.1, 0.15) is 0 Å². The van der Waals surface area contributed by atoms with E-state index in [1.807, 2.05) is 12.2 Å². The van der Waals surface area contributed by atoms with E-state index in [1.54, 1.807) is 0 Å². The minimum atomic E-state index is 0.942. The highest BCUT2D eigenvalue weighted by Crippen LogP contribution is 2.05. The first-order valence-corrected chi connectivity index (χ1v) is 3.50. The van der Waals surface area contributed by atoms with Crippen LogP contribution < -0.4 is 0 Å². The van der Waals surface area contributed by atoms with E-state index in [0.29, 0.717) is 0 Å². The molecule has 0 radical (unpaired) electrons. The second-order valence-electron chi connectivity index (χ2n) is 2.20. The fourth-order valence-corrected chi connectivity index (χ4v) is 1.02. The standard InChI is InChI=1S/C8H12N2/c1-2-10-6-4-3-5-8(10)7-9/h3-5,7,9H,2,6H2,1H3. The summed E-state index contributed by atoms with van der Waals surface area (Å²) in [6.07, 6.45) is 7.44. The van der Waals surface area contributed by atoms with Gasteiger partial charge in [0.2, 0.25) is 0 Å². The van der Waals surface area contributed by atoms with Crippen LogP contribution in [0.15, 0.2) is 23.9 Å². The van der Waals surface area contributed by atoms with Crippen molar-refractivity contribution in [1.29, 1.82) is 5.41 Å². The number of hydrogen-bond acceptors (Lipinski definition) is 2. The Morgan fingerprint density at radius 2 is 2.60 bits per heavy atom. The molecule has 0 aliphatic carbocycles. The molecular formula is C8H12N2. The van der Waals surface area contributed by atoms with E-state index in [1.165, 1.54) is 6.21 Å². The number of rotatable bonds is 2. The third-order valence-corrected chi connectivity index (χ3v) is 1.62. The molecule has 1 rings (SSSR count). The van der Waals surface area contributed by atoms with Crippen LogP contribution >= 0.6 is 0 Å². The molecule has 0 fully saturated rings. The lowest BCUT2D eigenvalue weighted by molar-refractivity contribution is 0.418. The Morgan fingerprint density at radius 3 is 3.10 bits per heavy atom. The molecule has 0 aromatic heterocycles. The van der Waals surface area contributed by atoms with E-state index in [9.17, 15) is 0 Å². The van der Waals surface area contributed by atoms with Crippen molar-refractivity contribution in [3.05, 3.63) is 23.9 Å². The van der Waals surface area contributed by atoms with Crippen molar-refractivity contribution < 1.29 is 0 Å². The molecule has 0 unspecified atom stereocenters. The first-order chi connectivity index (χ1) is 4.88. The predicted molar refractivity (Wildman–Crippen MR) is 43.3 cm³/mol. The summed E-state index contributed by atoms with van der Waals surface area (Å²) in [6.45, 7) is 4.01. The molecule has 1 heterocycles. The lowest BCUT2D eigenvalue weighted by Gasteiger charge is -2.23. The Labute approximate surface area is 61.4 Å². The van der Waals surface area contributed by atoms with Crippen LogP contribution in [0.1, 0.15) is 6.92 Å². The summed E-state index contributed by atoms with van der Waals surface area (Å²) in [5.41, 5.74) is 1.00. The lowest BCUT2D eigenvalue weighted by atomic mass is 10.2. The van der Waals surface area contributed by atoms with Crippen LogP contribution in [0, 0.1) is 5.41 Å². The van der Waals surface area contributed by atoms with Gasteiger partial charge in [-0.2, -0.15) is 0 Å². The molecule has 0 saturated carbocycles. The highest BCUT2D eigenvalue weighted by Gasteiger charge is 2.03. The van der Waals surface area contributed by atoms with Gasteiger partial charge in [-0.15, -0.1) is 0 Å². The van der Waals surface area contributed by atoms with Gasteiger partial charge in [0.15, 0.2) is 0 Å². The molecular weight excluding hydrogens is 124 g/mol. The molecule has 1 N–H and O–H groups in total. The molecule has 0 spiro atoms. The summed E-state index contributed by atoms with van der Waals surface area (Å²) in [4.78, 5) is 2.15. The molecule has 0 aromatic carbocycles. The molecule has 1 aliphatic rings. The van der Waals surface area contributed by atoms with Crippen molar-refractivity contribution in [1.82, 2.24) is 4.90 Å². The molecule has 0 aromatic rings. The zero-order valence-electron chi connectivity index (χ0n) is 6.17. The van der Waals surface area contributed by atoms with Crippen LogP contribution in [0.25, 0.3) is 0 Å². The predicted octanol–water partition coefficient (Wildman–Crippen LogP) is 1.41. The Hall–Kier alpha value is -1.05. The summed E-state index contributed by atoms with van der Waals surface area (Å²) < 4.78 is 0. The number of nitrogens with zero attached hydrogens (tertiary/aromatic N) is 1. The van der Waals surface area contributed by atoms with Gasteiger partial charge in [0.25, 0.3) is 0 Å². The first kappa shape index (κ1) is 7.06. The van der Waals surface area contributed by atoms with Crippen molar-refractivity contribution >= 4 is 6.21 Å². The smallest absolute Gasteiger partial charge is 0.0547 e. The van der Waals surface area contributed by atoms with Gasteiger partial charge < -0.3 is 10.3 Å². The zero-order valence-corrected chi connectivity index (χ0v) is 6.17. The summed E-state index contributed by atoms with van der Waals surface area (Å²) in [7, 11) is 0. The molecule has 0 atom stereocenters. The van der Waals surface area contributed by atoms with E-state index in [-0.39, 0.29) is 0 Å². The van der Waals surface area contributed by atoms with Gasteiger partial charge >= 0.3 is 0 Å². The SMILES string of the molecule is CCN1CC=CC=C1C=N. The zero-order chi connectivity index (χ0) is 7.40. The van der Waals surface area contributed by atoms with Crippen molar-refractivity contribution in [3.63, 3.8) is 0 Å². The maximum Gasteiger partial charge on any atom is 0.0547 e. The van der Waals surface area contributed by atoms with Crippen LogP contribution in [0.3, 0.4) is 0 Å². The molecule has 0 amide bonds. The van der Waals surface area contributed by atoms with Gasteiger partial charge in [-0.05, 0) is 13.0 Å². The Balaban J connectivity index is 2.70. The molecule has 2 heteroatoms. The second-order valence-corrected chi connectivity index (χ2v) is 2.20. The number of hydrogen-bond donors (Lipinski definition) is 1. The molecule has 10 heavy (non-hydrogen) atoms. The minimum Gasteiger partial charge on any atom is -0.367 e. The first-order valence-electron chi connectivity index (χ1n) is 3.50. The van der Waals surface area contributed by atoms with Crippen LogP contribution in [0.4, 0.5) is 0 Å². The summed E-state index contributed by atoms with van der Waals surface area (Å²) in [6, 6.07) is 0. The average molecular weight is 136 g/mol. The largest absolute Gasteiger partial charge is 0.367 e. The number of allylic oxidation sites excluding steroid dienone is 3. The lowest BCUT2D eigenvalue weighted by Crippen LogP contribution is -2.24. The van der Waals surface area contributed by atoms with Gasteiger partial charge in [-0.3, -0.25) is 0 Å². The highest BCUT2D eigenvalue weighted by atomic mass is 15.1. The Kier molecular flexibility index (Phi) is 2.26. The maximum absolute atomic E-state index is 7.06. The van der Waals surface area contributed by atoms with E-state index in [4.69, 9.17) is 5.41 Å². The van der Waals surface area contributed by atoms with Crippen LogP contribution in [-0.2, 0) is 0 Å². The monoisotopic (exact) mass is 136 g/mol. The van der Waals surface area contributed by atoms with E-state index in [0.717, 1.165) is 18.8 Å². The average Bonchev–Trinajstić information content (AvgIpc) is 2.04. The van der Waals surface area contributed by atoms with Crippen molar-refractivity contribution in [2.75, 3.05) is 13.1 Å². The van der Waals surface area contributed by atoms with Gasteiger partial charge in [0.05, 0.1) is 5.70 Å². The van der Waals surface area contributed by atoms with Gasteiger partial charge in [0, 0.05) is 19.3 Å². The molecule has 0 bridgehead atoms. The normalized spacial score (nSPS) is 16.9. The molecule has 1 aliphatic heterocycles. The fraction of sp³-hybridized carbons (Fsp3) is 0.375. The second kappa shape index (κ2) is 3.20. The molecule has 54 valence electrons. The van der Waals surface area contributed by atoms with Gasteiger partial charge in [-0.1, -0.05) is 12.2 Å². The van der Waals surface area contributed by atoms with Crippen LogP contribution in [0.5, 0.6) is 0 Å². The Bertz CT molecular complexity index is 180.